The molecule has 1 rings (SSSR count). The van der Waals surface area contributed by atoms with Gasteiger partial charge < -0.3 is 0 Å². The maximum Gasteiger partial charge on any atom is 0.414 e. The van der Waals surface area contributed by atoms with E-state index in [1.165, 1.54) is 0 Å². The number of rotatable bonds is 3. The zero-order valence-corrected chi connectivity index (χ0v) is 11.0. The van der Waals surface area contributed by atoms with E-state index in [9.17, 15) is 18.0 Å². The second-order valence-electron chi connectivity index (χ2n) is 5.16. The molecular weight excluding hydrogens is 259 g/mol. The van der Waals surface area contributed by atoms with Gasteiger partial charge in [0.25, 0.3) is 5.91 Å². The summed E-state index contributed by atoms with van der Waals surface area (Å²) in [6.07, 6.45) is -4.47. The van der Waals surface area contributed by atoms with Gasteiger partial charge in [-0.15, -0.1) is 0 Å². The van der Waals surface area contributed by atoms with Gasteiger partial charge in [0.15, 0.2) is 6.61 Å². The van der Waals surface area contributed by atoms with E-state index in [0.717, 1.165) is 5.56 Å². The fraction of sp³-hybridized carbons (Fsp3) is 0.462. The fourth-order valence-corrected chi connectivity index (χ4v) is 1.36. The van der Waals surface area contributed by atoms with E-state index in [-0.39, 0.29) is 11.0 Å². The summed E-state index contributed by atoms with van der Waals surface area (Å²) in [4.78, 5) is 15.6. The van der Waals surface area contributed by atoms with Crippen LogP contribution in [0, 0.1) is 0 Å². The molecule has 106 valence electrons. The van der Waals surface area contributed by atoms with Crippen LogP contribution in [0.5, 0.6) is 0 Å². The molecule has 19 heavy (non-hydrogen) atoms. The summed E-state index contributed by atoms with van der Waals surface area (Å²) < 4.78 is 35.4. The molecule has 0 unspecified atom stereocenters. The molecule has 0 saturated heterocycles. The SMILES string of the molecule is CC(C)(C)c1ccc(C(=O)NOCC(F)(F)F)cc1. The molecule has 3 nitrogen and oxygen atoms in total. The Hall–Kier alpha value is -1.56. The average molecular weight is 275 g/mol. The van der Waals surface area contributed by atoms with Crippen LogP contribution in [0.3, 0.4) is 0 Å². The summed E-state index contributed by atoms with van der Waals surface area (Å²) in [5.41, 5.74) is 2.97. The van der Waals surface area contributed by atoms with Gasteiger partial charge in [-0.05, 0) is 23.1 Å². The lowest BCUT2D eigenvalue weighted by Crippen LogP contribution is -2.29. The van der Waals surface area contributed by atoms with Crippen molar-refractivity contribution in [3.05, 3.63) is 35.4 Å². The Balaban J connectivity index is 2.59. The molecular formula is C13H16F3NO2. The van der Waals surface area contributed by atoms with Gasteiger partial charge in [0.05, 0.1) is 0 Å². The van der Waals surface area contributed by atoms with Crippen LogP contribution in [0.1, 0.15) is 36.7 Å². The van der Waals surface area contributed by atoms with Gasteiger partial charge >= 0.3 is 6.18 Å². The first kappa shape index (κ1) is 15.5. The Kier molecular flexibility index (Phi) is 4.57. The number of hydrogen-bond acceptors (Lipinski definition) is 2. The molecule has 1 aromatic rings. The lowest BCUT2D eigenvalue weighted by molar-refractivity contribution is -0.184. The van der Waals surface area contributed by atoms with Crippen LogP contribution in [0.4, 0.5) is 13.2 Å². The number of alkyl halides is 3. The average Bonchev–Trinajstić information content (AvgIpc) is 2.26. The highest BCUT2D eigenvalue weighted by Crippen LogP contribution is 2.22. The van der Waals surface area contributed by atoms with Crippen molar-refractivity contribution in [2.75, 3.05) is 6.61 Å². The van der Waals surface area contributed by atoms with Gasteiger partial charge in [-0.2, -0.15) is 13.2 Å². The number of carbonyl (C=O) groups excluding carboxylic acids is 1. The molecule has 1 N–H and O–H groups in total. The van der Waals surface area contributed by atoms with E-state index >= 15 is 0 Å². The minimum absolute atomic E-state index is 0.0538. The van der Waals surface area contributed by atoms with Crippen molar-refractivity contribution in [2.24, 2.45) is 0 Å². The summed E-state index contributed by atoms with van der Waals surface area (Å²) in [6.45, 7) is 4.55. The third-order valence-corrected chi connectivity index (χ3v) is 2.41. The highest BCUT2D eigenvalue weighted by molar-refractivity contribution is 5.93. The Morgan fingerprint density at radius 1 is 1.16 bits per heavy atom. The molecule has 0 heterocycles. The van der Waals surface area contributed by atoms with Crippen LogP contribution >= 0.6 is 0 Å². The molecule has 0 bridgehead atoms. The molecule has 0 aliphatic rings. The lowest BCUT2D eigenvalue weighted by Gasteiger charge is -2.19. The normalized spacial score (nSPS) is 12.3. The van der Waals surface area contributed by atoms with Gasteiger partial charge in [0.2, 0.25) is 0 Å². The number of amides is 1. The third kappa shape index (κ3) is 5.30. The van der Waals surface area contributed by atoms with Crippen LogP contribution < -0.4 is 5.48 Å². The van der Waals surface area contributed by atoms with Gasteiger partial charge in [-0.3, -0.25) is 9.63 Å². The summed E-state index contributed by atoms with van der Waals surface area (Å²) in [6, 6.07) is 6.62. The van der Waals surface area contributed by atoms with Crippen LogP contribution in [0.2, 0.25) is 0 Å². The Morgan fingerprint density at radius 2 is 1.68 bits per heavy atom. The minimum atomic E-state index is -4.47. The summed E-state index contributed by atoms with van der Waals surface area (Å²) in [7, 11) is 0. The molecule has 6 heteroatoms. The molecule has 0 aromatic heterocycles. The summed E-state index contributed by atoms with van der Waals surface area (Å²) in [5.74, 6) is -0.704. The molecule has 0 saturated carbocycles. The van der Waals surface area contributed by atoms with E-state index < -0.39 is 18.7 Å². The molecule has 0 radical (unpaired) electrons. The van der Waals surface area contributed by atoms with Crippen molar-refractivity contribution in [3.63, 3.8) is 0 Å². The van der Waals surface area contributed by atoms with Crippen LogP contribution in [-0.2, 0) is 10.3 Å². The van der Waals surface area contributed by atoms with E-state index in [0.29, 0.717) is 0 Å². The van der Waals surface area contributed by atoms with Crippen molar-refractivity contribution >= 4 is 5.91 Å². The standard InChI is InChI=1S/C13H16F3NO2/c1-12(2,3)10-6-4-9(5-7-10)11(18)17-19-8-13(14,15)16/h4-7H,8H2,1-3H3,(H,17,18). The van der Waals surface area contributed by atoms with E-state index in [4.69, 9.17) is 0 Å². The molecule has 1 aromatic carbocycles. The zero-order valence-electron chi connectivity index (χ0n) is 11.0. The first-order valence-electron chi connectivity index (χ1n) is 5.69. The number of benzene rings is 1. The van der Waals surface area contributed by atoms with Gasteiger partial charge in [0, 0.05) is 5.56 Å². The maximum absolute atomic E-state index is 11.8. The Morgan fingerprint density at radius 3 is 2.11 bits per heavy atom. The summed E-state index contributed by atoms with van der Waals surface area (Å²) >= 11 is 0. The number of nitrogens with one attached hydrogen (secondary N) is 1. The van der Waals surface area contributed by atoms with Gasteiger partial charge in [0.1, 0.15) is 0 Å². The minimum Gasteiger partial charge on any atom is -0.267 e. The first-order valence-corrected chi connectivity index (χ1v) is 5.69. The molecule has 1 amide bonds. The van der Waals surface area contributed by atoms with Gasteiger partial charge in [-0.25, -0.2) is 5.48 Å². The van der Waals surface area contributed by atoms with Crippen molar-refractivity contribution in [1.82, 2.24) is 5.48 Å². The van der Waals surface area contributed by atoms with Crippen molar-refractivity contribution in [1.29, 1.82) is 0 Å². The molecule has 0 spiro atoms. The highest BCUT2D eigenvalue weighted by atomic mass is 19.4. The Labute approximate surface area is 109 Å². The fourth-order valence-electron chi connectivity index (χ4n) is 1.36. The number of halogens is 3. The van der Waals surface area contributed by atoms with Crippen LogP contribution in [0.15, 0.2) is 24.3 Å². The largest absolute Gasteiger partial charge is 0.414 e. The van der Waals surface area contributed by atoms with Crippen LogP contribution in [-0.4, -0.2) is 18.7 Å². The highest BCUT2D eigenvalue weighted by Gasteiger charge is 2.28. The van der Waals surface area contributed by atoms with Crippen molar-refractivity contribution in [3.8, 4) is 0 Å². The number of carbonyl (C=O) groups is 1. The second-order valence-corrected chi connectivity index (χ2v) is 5.16. The molecule has 0 atom stereocenters. The number of hydroxylamine groups is 1. The topological polar surface area (TPSA) is 38.3 Å². The van der Waals surface area contributed by atoms with Crippen LogP contribution in [0.25, 0.3) is 0 Å². The number of hydrogen-bond donors (Lipinski definition) is 1. The summed E-state index contributed by atoms with van der Waals surface area (Å²) in [5, 5.41) is 0. The van der Waals surface area contributed by atoms with E-state index in [2.05, 4.69) is 4.84 Å². The predicted molar refractivity (Wildman–Crippen MR) is 64.6 cm³/mol. The maximum atomic E-state index is 11.8. The molecule has 0 fully saturated rings. The second kappa shape index (κ2) is 5.61. The van der Waals surface area contributed by atoms with Crippen molar-refractivity contribution < 1.29 is 22.8 Å². The monoisotopic (exact) mass is 275 g/mol. The third-order valence-electron chi connectivity index (χ3n) is 2.41. The lowest BCUT2D eigenvalue weighted by atomic mass is 9.87. The predicted octanol–water partition coefficient (Wildman–Crippen LogP) is 3.21. The molecule has 0 aliphatic heterocycles. The molecule has 0 aliphatic carbocycles. The van der Waals surface area contributed by atoms with Gasteiger partial charge in [-0.1, -0.05) is 32.9 Å². The van der Waals surface area contributed by atoms with E-state index in [1.807, 2.05) is 20.8 Å². The Bertz CT molecular complexity index is 433. The first-order chi connectivity index (χ1) is 8.59. The van der Waals surface area contributed by atoms with Crippen molar-refractivity contribution in [2.45, 2.75) is 32.4 Å². The smallest absolute Gasteiger partial charge is 0.267 e. The quantitative estimate of drug-likeness (QED) is 0.860. The van der Waals surface area contributed by atoms with E-state index in [1.54, 1.807) is 29.7 Å². The zero-order chi connectivity index (χ0) is 14.7.